The van der Waals surface area contributed by atoms with Crippen molar-refractivity contribution >= 4 is 23.5 Å². The Labute approximate surface area is 117 Å². The van der Waals surface area contributed by atoms with Crippen LogP contribution < -0.4 is 5.73 Å². The van der Waals surface area contributed by atoms with Crippen molar-refractivity contribution in [2.45, 2.75) is 28.2 Å². The Kier molecular flexibility index (Phi) is 4.75. The van der Waals surface area contributed by atoms with E-state index in [4.69, 9.17) is 5.73 Å². The molecule has 94 valence electrons. The molecule has 0 fully saturated rings. The van der Waals surface area contributed by atoms with Crippen LogP contribution in [0.4, 0.5) is 0 Å². The van der Waals surface area contributed by atoms with E-state index in [1.54, 1.807) is 23.5 Å². The van der Waals surface area contributed by atoms with Gasteiger partial charge in [0.2, 0.25) is 0 Å². The van der Waals surface area contributed by atoms with Crippen LogP contribution in [0.15, 0.2) is 57.2 Å². The molecule has 0 heterocycles. The highest BCUT2D eigenvalue weighted by molar-refractivity contribution is 8.00. The lowest BCUT2D eigenvalue weighted by atomic mass is 10.2. The van der Waals surface area contributed by atoms with Gasteiger partial charge in [0.1, 0.15) is 0 Å². The molecule has 2 rings (SSSR count). The molecule has 1 nitrogen and oxygen atoms in total. The molecule has 3 heteroatoms. The first-order chi connectivity index (χ1) is 8.74. The molecule has 0 amide bonds. The van der Waals surface area contributed by atoms with Gasteiger partial charge in [0.05, 0.1) is 0 Å². The van der Waals surface area contributed by atoms with Crippen molar-refractivity contribution in [3.05, 3.63) is 53.6 Å². The Morgan fingerprint density at radius 2 is 1.67 bits per heavy atom. The van der Waals surface area contributed by atoms with Crippen LogP contribution in [0.5, 0.6) is 0 Å². The summed E-state index contributed by atoms with van der Waals surface area (Å²) in [7, 11) is 0. The summed E-state index contributed by atoms with van der Waals surface area (Å²) in [6.07, 6.45) is 2.09. The van der Waals surface area contributed by atoms with Crippen molar-refractivity contribution in [3.63, 3.8) is 0 Å². The minimum atomic E-state index is 0.589. The Hall–Kier alpha value is -0.900. The smallest absolute Gasteiger partial charge is 0.0200 e. The normalized spacial score (nSPS) is 10.6. The van der Waals surface area contributed by atoms with Gasteiger partial charge in [0.15, 0.2) is 0 Å². The molecule has 0 bridgehead atoms. The van der Waals surface area contributed by atoms with E-state index in [1.807, 2.05) is 0 Å². The van der Waals surface area contributed by atoms with E-state index < -0.39 is 0 Å². The standard InChI is InChI=1S/C15H17NS2/c1-11-6-8-12(9-7-11)18-15-5-3-4-14(17-2)13(15)10-16/h3-9H,10,16H2,1-2H3. The SMILES string of the molecule is CSc1cccc(Sc2ccc(C)cc2)c1CN. The zero-order valence-corrected chi connectivity index (χ0v) is 12.3. The maximum atomic E-state index is 5.88. The molecule has 18 heavy (non-hydrogen) atoms. The molecule has 0 aromatic heterocycles. The van der Waals surface area contributed by atoms with E-state index >= 15 is 0 Å². The zero-order chi connectivity index (χ0) is 13.0. The largest absolute Gasteiger partial charge is 0.326 e. The molecule has 2 aromatic carbocycles. The molecule has 0 unspecified atom stereocenters. The van der Waals surface area contributed by atoms with Crippen molar-refractivity contribution in [1.82, 2.24) is 0 Å². The topological polar surface area (TPSA) is 26.0 Å². The maximum Gasteiger partial charge on any atom is 0.0200 e. The minimum Gasteiger partial charge on any atom is -0.326 e. The Morgan fingerprint density at radius 1 is 1.00 bits per heavy atom. The van der Waals surface area contributed by atoms with Crippen LogP contribution in [-0.2, 0) is 6.54 Å². The fraction of sp³-hybridized carbons (Fsp3) is 0.200. The third-order valence-electron chi connectivity index (χ3n) is 2.76. The quantitative estimate of drug-likeness (QED) is 0.841. The van der Waals surface area contributed by atoms with Gasteiger partial charge in [0, 0.05) is 21.2 Å². The monoisotopic (exact) mass is 275 g/mol. The third kappa shape index (κ3) is 3.10. The average molecular weight is 275 g/mol. The first-order valence-corrected chi connectivity index (χ1v) is 7.89. The molecule has 0 saturated carbocycles. The summed E-state index contributed by atoms with van der Waals surface area (Å²) in [6, 6.07) is 15.0. The van der Waals surface area contributed by atoms with E-state index in [9.17, 15) is 0 Å². The lowest BCUT2D eigenvalue weighted by Crippen LogP contribution is -2.00. The highest BCUT2D eigenvalue weighted by Crippen LogP contribution is 2.34. The van der Waals surface area contributed by atoms with Gasteiger partial charge in [-0.25, -0.2) is 0 Å². The second-order valence-corrected chi connectivity index (χ2v) is 6.02. The van der Waals surface area contributed by atoms with Crippen molar-refractivity contribution in [2.75, 3.05) is 6.26 Å². The van der Waals surface area contributed by atoms with Crippen LogP contribution in [0.1, 0.15) is 11.1 Å². The van der Waals surface area contributed by atoms with E-state index in [2.05, 4.69) is 55.6 Å². The van der Waals surface area contributed by atoms with Gasteiger partial charge in [-0.05, 0) is 43.0 Å². The second kappa shape index (κ2) is 6.32. The molecule has 0 radical (unpaired) electrons. The van der Waals surface area contributed by atoms with E-state index in [-0.39, 0.29) is 0 Å². The molecule has 0 atom stereocenters. The molecular formula is C15H17NS2. The molecule has 2 aromatic rings. The van der Waals surface area contributed by atoms with Crippen molar-refractivity contribution in [2.24, 2.45) is 5.73 Å². The number of hydrogen-bond donors (Lipinski definition) is 1. The summed E-state index contributed by atoms with van der Waals surface area (Å²) in [5.74, 6) is 0. The zero-order valence-electron chi connectivity index (χ0n) is 10.6. The number of aryl methyl sites for hydroxylation is 1. The van der Waals surface area contributed by atoms with Crippen LogP contribution in [-0.4, -0.2) is 6.26 Å². The van der Waals surface area contributed by atoms with E-state index in [1.165, 1.54) is 25.8 Å². The van der Waals surface area contributed by atoms with Gasteiger partial charge >= 0.3 is 0 Å². The summed E-state index contributed by atoms with van der Waals surface area (Å²) in [5.41, 5.74) is 8.41. The fourth-order valence-electron chi connectivity index (χ4n) is 1.77. The van der Waals surface area contributed by atoms with Gasteiger partial charge < -0.3 is 5.73 Å². The van der Waals surface area contributed by atoms with Gasteiger partial charge in [-0.3, -0.25) is 0 Å². The first-order valence-electron chi connectivity index (χ1n) is 5.85. The Balaban J connectivity index is 2.31. The van der Waals surface area contributed by atoms with Crippen LogP contribution in [0, 0.1) is 6.92 Å². The fourth-order valence-corrected chi connectivity index (χ4v) is 3.47. The average Bonchev–Trinajstić information content (AvgIpc) is 2.41. The predicted molar refractivity (Wildman–Crippen MR) is 81.4 cm³/mol. The minimum absolute atomic E-state index is 0.589. The molecule has 0 spiro atoms. The number of thioether (sulfide) groups is 1. The third-order valence-corrected chi connectivity index (χ3v) is 4.70. The summed E-state index contributed by atoms with van der Waals surface area (Å²) in [5, 5.41) is 0. The Morgan fingerprint density at radius 3 is 2.28 bits per heavy atom. The highest BCUT2D eigenvalue weighted by Gasteiger charge is 2.07. The molecule has 2 N–H and O–H groups in total. The van der Waals surface area contributed by atoms with Crippen LogP contribution >= 0.6 is 23.5 Å². The second-order valence-electron chi connectivity index (χ2n) is 4.06. The molecular weight excluding hydrogens is 258 g/mol. The number of benzene rings is 2. The maximum absolute atomic E-state index is 5.88. The summed E-state index contributed by atoms with van der Waals surface area (Å²) in [4.78, 5) is 3.79. The van der Waals surface area contributed by atoms with E-state index in [0.717, 1.165) is 0 Å². The van der Waals surface area contributed by atoms with Crippen molar-refractivity contribution < 1.29 is 0 Å². The van der Waals surface area contributed by atoms with E-state index in [0.29, 0.717) is 6.54 Å². The van der Waals surface area contributed by atoms with Crippen LogP contribution in [0.2, 0.25) is 0 Å². The molecule has 0 aliphatic rings. The number of hydrogen-bond acceptors (Lipinski definition) is 3. The van der Waals surface area contributed by atoms with Crippen LogP contribution in [0.25, 0.3) is 0 Å². The number of rotatable bonds is 4. The summed E-state index contributed by atoms with van der Waals surface area (Å²) in [6.45, 7) is 2.69. The summed E-state index contributed by atoms with van der Waals surface area (Å²) >= 11 is 3.54. The first kappa shape index (κ1) is 13.5. The van der Waals surface area contributed by atoms with Gasteiger partial charge in [-0.2, -0.15) is 0 Å². The van der Waals surface area contributed by atoms with Crippen molar-refractivity contribution in [1.29, 1.82) is 0 Å². The molecule has 0 saturated heterocycles. The number of nitrogens with two attached hydrogens (primary N) is 1. The Bertz CT molecular complexity index is 521. The summed E-state index contributed by atoms with van der Waals surface area (Å²) < 4.78 is 0. The molecule has 0 aliphatic heterocycles. The van der Waals surface area contributed by atoms with Gasteiger partial charge in [-0.1, -0.05) is 35.5 Å². The predicted octanol–water partition coefficient (Wildman–Crippen LogP) is 4.33. The lowest BCUT2D eigenvalue weighted by Gasteiger charge is -2.11. The van der Waals surface area contributed by atoms with Crippen LogP contribution in [0.3, 0.4) is 0 Å². The van der Waals surface area contributed by atoms with Gasteiger partial charge in [-0.15, -0.1) is 11.8 Å². The lowest BCUT2D eigenvalue weighted by molar-refractivity contribution is 0.981. The van der Waals surface area contributed by atoms with Gasteiger partial charge in [0.25, 0.3) is 0 Å². The highest BCUT2D eigenvalue weighted by atomic mass is 32.2. The molecule has 0 aliphatic carbocycles. The van der Waals surface area contributed by atoms with Crippen molar-refractivity contribution in [3.8, 4) is 0 Å².